The van der Waals surface area contributed by atoms with Crippen molar-refractivity contribution in [1.82, 2.24) is 4.90 Å². The number of carbonyl (C=O) groups is 3. The second-order valence-electron chi connectivity index (χ2n) is 4.06. The molecular weight excluding hydrogens is 234 g/mol. The Labute approximate surface area is 104 Å². The lowest BCUT2D eigenvalue weighted by molar-refractivity contribution is -0.121. The predicted molar refractivity (Wildman–Crippen MR) is 63.3 cm³/mol. The van der Waals surface area contributed by atoms with Crippen molar-refractivity contribution >= 4 is 17.6 Å². The zero-order chi connectivity index (χ0) is 13.1. The number of ketones is 1. The van der Waals surface area contributed by atoms with Crippen molar-refractivity contribution in [1.29, 1.82) is 0 Å². The van der Waals surface area contributed by atoms with Gasteiger partial charge < -0.3 is 4.74 Å². The van der Waals surface area contributed by atoms with Gasteiger partial charge >= 0.3 is 0 Å². The number of hydrogen-bond acceptors (Lipinski definition) is 4. The van der Waals surface area contributed by atoms with Crippen molar-refractivity contribution in [3.05, 3.63) is 35.4 Å². The highest BCUT2D eigenvalue weighted by Gasteiger charge is 2.34. The molecule has 0 bridgehead atoms. The largest absolute Gasteiger partial charge is 0.372 e. The molecule has 0 unspecified atom stereocenters. The Morgan fingerprint density at radius 3 is 2.22 bits per heavy atom. The first-order valence-corrected chi connectivity index (χ1v) is 5.63. The third-order valence-electron chi connectivity index (χ3n) is 2.64. The summed E-state index contributed by atoms with van der Waals surface area (Å²) in [5.41, 5.74) is 0.850. The lowest BCUT2D eigenvalue weighted by Gasteiger charge is -2.13. The average molecular weight is 247 g/mol. The molecule has 1 aromatic rings. The first-order chi connectivity index (χ1) is 8.61. The summed E-state index contributed by atoms with van der Waals surface area (Å²) in [6.45, 7) is 1.76. The van der Waals surface area contributed by atoms with Gasteiger partial charge in [0.25, 0.3) is 11.8 Å². The monoisotopic (exact) mass is 247 g/mol. The second kappa shape index (κ2) is 5.10. The molecule has 0 atom stereocenters. The summed E-state index contributed by atoms with van der Waals surface area (Å²) in [6.07, 6.45) is 0. The number of rotatable bonds is 5. The number of hydrogen-bond donors (Lipinski definition) is 0. The van der Waals surface area contributed by atoms with Crippen LogP contribution in [0.5, 0.6) is 0 Å². The van der Waals surface area contributed by atoms with Crippen molar-refractivity contribution in [3.63, 3.8) is 0 Å². The van der Waals surface area contributed by atoms with Crippen LogP contribution in [0.25, 0.3) is 0 Å². The lowest BCUT2D eigenvalue weighted by atomic mass is 10.1. The van der Waals surface area contributed by atoms with Crippen LogP contribution in [-0.2, 0) is 9.53 Å². The number of fused-ring (bicyclic) bond motifs is 1. The van der Waals surface area contributed by atoms with Crippen LogP contribution in [0, 0.1) is 0 Å². The SMILES string of the molecule is CC(=O)COCCN1C(=O)c2ccccc2C1=O. The highest BCUT2D eigenvalue weighted by molar-refractivity contribution is 6.21. The Bertz CT molecular complexity index is 474. The summed E-state index contributed by atoms with van der Waals surface area (Å²) >= 11 is 0. The molecule has 0 aliphatic carbocycles. The number of ether oxygens (including phenoxy) is 1. The number of imide groups is 1. The highest BCUT2D eigenvalue weighted by atomic mass is 16.5. The molecule has 2 amide bonds. The van der Waals surface area contributed by atoms with Crippen LogP contribution in [0.4, 0.5) is 0 Å². The molecule has 5 nitrogen and oxygen atoms in total. The fourth-order valence-electron chi connectivity index (χ4n) is 1.81. The van der Waals surface area contributed by atoms with Gasteiger partial charge in [-0.15, -0.1) is 0 Å². The van der Waals surface area contributed by atoms with Gasteiger partial charge in [0.05, 0.1) is 24.3 Å². The Morgan fingerprint density at radius 2 is 1.72 bits per heavy atom. The molecule has 5 heteroatoms. The van der Waals surface area contributed by atoms with Crippen molar-refractivity contribution in [2.24, 2.45) is 0 Å². The minimum atomic E-state index is -0.304. The second-order valence-corrected chi connectivity index (χ2v) is 4.06. The molecule has 1 aliphatic rings. The summed E-state index contributed by atoms with van der Waals surface area (Å²) in [6, 6.07) is 6.71. The van der Waals surface area contributed by atoms with Crippen molar-refractivity contribution in [2.75, 3.05) is 19.8 Å². The first kappa shape index (κ1) is 12.4. The molecule has 18 heavy (non-hydrogen) atoms. The quantitative estimate of drug-likeness (QED) is 0.572. The van der Waals surface area contributed by atoms with Gasteiger partial charge in [-0.2, -0.15) is 0 Å². The molecule has 1 aromatic carbocycles. The predicted octanol–water partition coefficient (Wildman–Crippen LogP) is 0.888. The number of Topliss-reactive ketones (excluding diaryl/α,β-unsaturated/α-hetero) is 1. The molecule has 0 N–H and O–H groups in total. The number of nitrogens with zero attached hydrogens (tertiary/aromatic N) is 1. The van der Waals surface area contributed by atoms with E-state index in [0.29, 0.717) is 11.1 Å². The van der Waals surface area contributed by atoms with E-state index in [0.717, 1.165) is 4.90 Å². The van der Waals surface area contributed by atoms with Crippen molar-refractivity contribution < 1.29 is 19.1 Å². The molecule has 0 radical (unpaired) electrons. The molecule has 0 saturated heterocycles. The number of amides is 2. The minimum absolute atomic E-state index is 0.00314. The maximum absolute atomic E-state index is 11.9. The van der Waals surface area contributed by atoms with E-state index >= 15 is 0 Å². The Balaban J connectivity index is 1.99. The third kappa shape index (κ3) is 2.31. The van der Waals surface area contributed by atoms with E-state index in [1.54, 1.807) is 24.3 Å². The first-order valence-electron chi connectivity index (χ1n) is 5.63. The third-order valence-corrected chi connectivity index (χ3v) is 2.64. The van der Waals surface area contributed by atoms with Crippen molar-refractivity contribution in [3.8, 4) is 0 Å². The Hall–Kier alpha value is -2.01. The van der Waals surface area contributed by atoms with E-state index in [1.165, 1.54) is 6.92 Å². The molecule has 94 valence electrons. The van der Waals surface area contributed by atoms with Gasteiger partial charge in [0, 0.05) is 0 Å². The van der Waals surface area contributed by atoms with Gasteiger partial charge in [-0.1, -0.05) is 12.1 Å². The van der Waals surface area contributed by atoms with Crippen LogP contribution in [0.1, 0.15) is 27.6 Å². The van der Waals surface area contributed by atoms with Crippen LogP contribution < -0.4 is 0 Å². The fraction of sp³-hybridized carbons (Fsp3) is 0.308. The summed E-state index contributed by atoms with van der Waals surface area (Å²) in [7, 11) is 0. The Kier molecular flexibility index (Phi) is 3.53. The molecule has 0 saturated carbocycles. The zero-order valence-electron chi connectivity index (χ0n) is 10.0. The molecular formula is C13H13NO4. The van der Waals surface area contributed by atoms with E-state index in [1.807, 2.05) is 0 Å². The molecule has 1 heterocycles. The molecule has 0 spiro atoms. The molecule has 0 aromatic heterocycles. The van der Waals surface area contributed by atoms with E-state index in [9.17, 15) is 14.4 Å². The van der Waals surface area contributed by atoms with E-state index in [4.69, 9.17) is 4.74 Å². The standard InChI is InChI=1S/C13H13NO4/c1-9(15)8-18-7-6-14-12(16)10-4-2-3-5-11(10)13(14)17/h2-5H,6-8H2,1H3. The van der Waals surface area contributed by atoms with E-state index in [-0.39, 0.29) is 37.4 Å². The van der Waals surface area contributed by atoms with Crippen LogP contribution in [-0.4, -0.2) is 42.3 Å². The van der Waals surface area contributed by atoms with Gasteiger partial charge in [0.15, 0.2) is 5.78 Å². The van der Waals surface area contributed by atoms with Gasteiger partial charge in [-0.05, 0) is 19.1 Å². The van der Waals surface area contributed by atoms with Gasteiger partial charge in [0.2, 0.25) is 0 Å². The maximum Gasteiger partial charge on any atom is 0.261 e. The average Bonchev–Trinajstić information content (AvgIpc) is 2.59. The lowest BCUT2D eigenvalue weighted by Crippen LogP contribution is -2.33. The molecule has 1 aliphatic heterocycles. The van der Waals surface area contributed by atoms with Crippen LogP contribution in [0.2, 0.25) is 0 Å². The van der Waals surface area contributed by atoms with Gasteiger partial charge in [0.1, 0.15) is 6.61 Å². The zero-order valence-corrected chi connectivity index (χ0v) is 10.0. The van der Waals surface area contributed by atoms with Crippen LogP contribution in [0.3, 0.4) is 0 Å². The molecule has 0 fully saturated rings. The number of carbonyl (C=O) groups excluding carboxylic acids is 3. The minimum Gasteiger partial charge on any atom is -0.372 e. The van der Waals surface area contributed by atoms with Gasteiger partial charge in [-0.3, -0.25) is 19.3 Å². The smallest absolute Gasteiger partial charge is 0.261 e. The summed E-state index contributed by atoms with van der Waals surface area (Å²) in [4.78, 5) is 35.7. The summed E-state index contributed by atoms with van der Waals surface area (Å²) < 4.78 is 5.06. The topological polar surface area (TPSA) is 63.7 Å². The van der Waals surface area contributed by atoms with Crippen molar-refractivity contribution in [2.45, 2.75) is 6.92 Å². The van der Waals surface area contributed by atoms with Gasteiger partial charge in [-0.25, -0.2) is 0 Å². The summed E-state index contributed by atoms with van der Waals surface area (Å²) in [5, 5.41) is 0. The summed E-state index contributed by atoms with van der Waals surface area (Å²) in [5.74, 6) is -0.693. The normalized spacial score (nSPS) is 13.9. The van der Waals surface area contributed by atoms with E-state index in [2.05, 4.69) is 0 Å². The fourth-order valence-corrected chi connectivity index (χ4v) is 1.81. The molecule has 2 rings (SSSR count). The van der Waals surface area contributed by atoms with E-state index < -0.39 is 0 Å². The van der Waals surface area contributed by atoms with Crippen LogP contribution >= 0.6 is 0 Å². The number of benzene rings is 1. The van der Waals surface area contributed by atoms with Crippen LogP contribution in [0.15, 0.2) is 24.3 Å². The Morgan fingerprint density at radius 1 is 1.17 bits per heavy atom. The maximum atomic E-state index is 11.9. The highest BCUT2D eigenvalue weighted by Crippen LogP contribution is 2.21.